The van der Waals surface area contributed by atoms with Crippen LogP contribution in [0.4, 0.5) is 9.52 Å². The Morgan fingerprint density at radius 2 is 2.41 bits per heavy atom. The van der Waals surface area contributed by atoms with Crippen LogP contribution in [-0.2, 0) is 32.0 Å². The summed E-state index contributed by atoms with van der Waals surface area (Å²) in [6.45, 7) is 3.65. The molecule has 2 aromatic rings. The largest absolute Gasteiger partial charge is 0.466 e. The topological polar surface area (TPSA) is 82.0 Å². The number of benzene rings is 1. The molecule has 1 aromatic heterocycles. The van der Waals surface area contributed by atoms with Crippen LogP contribution in [0.15, 0.2) is 28.7 Å². The molecule has 3 rings (SSSR count). The maximum Gasteiger partial charge on any atom is 0.311 e. The summed E-state index contributed by atoms with van der Waals surface area (Å²) >= 11 is 1.34. The number of hydrazone groups is 1. The number of ether oxygens (including phenoxy) is 3. The fourth-order valence-electron chi connectivity index (χ4n) is 2.86. The van der Waals surface area contributed by atoms with Crippen LogP contribution < -0.4 is 5.43 Å². The van der Waals surface area contributed by atoms with Crippen molar-refractivity contribution in [1.29, 1.82) is 0 Å². The molecule has 1 saturated heterocycles. The molecule has 1 atom stereocenters. The van der Waals surface area contributed by atoms with Crippen LogP contribution in [0.2, 0.25) is 0 Å². The zero-order valence-corrected chi connectivity index (χ0v) is 17.0. The maximum absolute atomic E-state index is 13.6. The molecule has 1 aromatic carbocycles. The zero-order chi connectivity index (χ0) is 20.5. The molecule has 0 amide bonds. The molecule has 1 aliphatic heterocycles. The molecule has 1 aliphatic rings. The molecular formula is C20H24FN3O4S. The second-order valence-corrected chi connectivity index (χ2v) is 7.35. The Morgan fingerprint density at radius 1 is 1.52 bits per heavy atom. The molecule has 7 nitrogen and oxygen atoms in total. The molecule has 0 bridgehead atoms. The summed E-state index contributed by atoms with van der Waals surface area (Å²) in [6.07, 6.45) is 3.88. The Kier molecular flexibility index (Phi) is 8.09. The van der Waals surface area contributed by atoms with Gasteiger partial charge < -0.3 is 14.2 Å². The minimum atomic E-state index is -0.325. The Hall–Kier alpha value is -2.36. The van der Waals surface area contributed by atoms with E-state index >= 15 is 0 Å². The number of hydrogen-bond acceptors (Lipinski definition) is 8. The molecule has 0 radical (unpaired) electrons. The van der Waals surface area contributed by atoms with E-state index in [1.165, 1.54) is 23.5 Å². The van der Waals surface area contributed by atoms with E-state index in [1.807, 2.05) is 0 Å². The summed E-state index contributed by atoms with van der Waals surface area (Å²) in [7, 11) is 0. The van der Waals surface area contributed by atoms with Crippen LogP contribution in [-0.4, -0.2) is 43.1 Å². The molecule has 0 aliphatic carbocycles. The lowest BCUT2D eigenvalue weighted by molar-refractivity contribution is -0.142. The van der Waals surface area contributed by atoms with Crippen molar-refractivity contribution in [2.75, 3.05) is 25.2 Å². The monoisotopic (exact) mass is 421 g/mol. The number of thiazole rings is 1. The van der Waals surface area contributed by atoms with Crippen molar-refractivity contribution in [3.8, 4) is 0 Å². The van der Waals surface area contributed by atoms with Crippen molar-refractivity contribution in [3.63, 3.8) is 0 Å². The Labute approximate surface area is 172 Å². The van der Waals surface area contributed by atoms with Crippen molar-refractivity contribution < 1.29 is 23.4 Å². The lowest BCUT2D eigenvalue weighted by atomic mass is 10.1. The third-order valence-electron chi connectivity index (χ3n) is 4.24. The lowest BCUT2D eigenvalue weighted by Gasteiger charge is -2.11. The van der Waals surface area contributed by atoms with Gasteiger partial charge in [0.15, 0.2) is 0 Å². The van der Waals surface area contributed by atoms with Crippen molar-refractivity contribution >= 4 is 28.7 Å². The van der Waals surface area contributed by atoms with Crippen LogP contribution >= 0.6 is 11.3 Å². The zero-order valence-electron chi connectivity index (χ0n) is 16.2. The summed E-state index contributed by atoms with van der Waals surface area (Å²) in [5.74, 6) is -0.638. The number of nitrogens with one attached hydrogen (secondary N) is 1. The number of hydrogen-bond donors (Lipinski definition) is 1. The van der Waals surface area contributed by atoms with Gasteiger partial charge in [0.1, 0.15) is 5.82 Å². The molecule has 0 spiro atoms. The van der Waals surface area contributed by atoms with E-state index in [9.17, 15) is 9.18 Å². The van der Waals surface area contributed by atoms with Gasteiger partial charge in [-0.25, -0.2) is 9.37 Å². The number of nitrogens with zero attached hydrogens (tertiary/aromatic N) is 2. The highest BCUT2D eigenvalue weighted by Gasteiger charge is 2.15. The average molecular weight is 421 g/mol. The van der Waals surface area contributed by atoms with Crippen LogP contribution in [0.5, 0.6) is 0 Å². The number of halogens is 1. The fraction of sp³-hybridized carbons (Fsp3) is 0.450. The third-order valence-corrected chi connectivity index (χ3v) is 5.03. The summed E-state index contributed by atoms with van der Waals surface area (Å²) in [5, 5.41) is 6.50. The smallest absolute Gasteiger partial charge is 0.311 e. The van der Waals surface area contributed by atoms with Gasteiger partial charge in [-0.1, -0.05) is 6.07 Å². The summed E-state index contributed by atoms with van der Waals surface area (Å²) in [5.41, 5.74) is 4.90. The number of carbonyl (C=O) groups is 1. The van der Waals surface area contributed by atoms with Gasteiger partial charge in [0.25, 0.3) is 0 Å². The summed E-state index contributed by atoms with van der Waals surface area (Å²) in [4.78, 5) is 15.8. The van der Waals surface area contributed by atoms with Gasteiger partial charge in [-0.05, 0) is 37.5 Å². The predicted molar refractivity (Wildman–Crippen MR) is 109 cm³/mol. The average Bonchev–Trinajstić information content (AvgIpc) is 3.36. The van der Waals surface area contributed by atoms with Gasteiger partial charge in [-0.2, -0.15) is 5.10 Å². The van der Waals surface area contributed by atoms with Gasteiger partial charge in [0, 0.05) is 17.6 Å². The third kappa shape index (κ3) is 6.88. The van der Waals surface area contributed by atoms with Crippen molar-refractivity contribution in [2.24, 2.45) is 5.10 Å². The normalized spacial score (nSPS) is 16.4. The molecular weight excluding hydrogens is 397 g/mol. The summed E-state index contributed by atoms with van der Waals surface area (Å²) in [6, 6.07) is 4.47. The first-order chi connectivity index (χ1) is 14.1. The van der Waals surface area contributed by atoms with Gasteiger partial charge in [-0.15, -0.1) is 11.3 Å². The quantitative estimate of drug-likeness (QED) is 0.359. The van der Waals surface area contributed by atoms with Crippen LogP contribution in [0.25, 0.3) is 0 Å². The Morgan fingerprint density at radius 3 is 3.21 bits per heavy atom. The maximum atomic E-state index is 13.6. The molecule has 0 saturated carbocycles. The number of anilines is 1. The van der Waals surface area contributed by atoms with E-state index in [1.54, 1.807) is 24.6 Å². The lowest BCUT2D eigenvalue weighted by Crippen LogP contribution is -2.14. The molecule has 2 heterocycles. The van der Waals surface area contributed by atoms with Gasteiger partial charge >= 0.3 is 5.97 Å². The van der Waals surface area contributed by atoms with Crippen molar-refractivity contribution in [3.05, 3.63) is 46.2 Å². The molecule has 9 heteroatoms. The van der Waals surface area contributed by atoms with Gasteiger partial charge in [-0.3, -0.25) is 10.2 Å². The SMILES string of the molecule is CCOC(=O)Cc1csc(NN=Cc2ccc(F)cc2COCC2CCCO2)n1. The standard InChI is InChI=1S/C20H24FN3O4S/c1-2-27-19(25)9-17-13-29-20(23-17)24-22-10-14-5-6-16(21)8-15(14)11-26-12-18-4-3-7-28-18/h5-6,8,10,13,18H,2-4,7,9,11-12H2,1H3,(H,23,24). The molecule has 156 valence electrons. The number of esters is 1. The number of rotatable bonds is 10. The first-order valence-corrected chi connectivity index (χ1v) is 10.4. The van der Waals surface area contributed by atoms with E-state index in [-0.39, 0.29) is 30.9 Å². The van der Waals surface area contributed by atoms with Crippen LogP contribution in [0.1, 0.15) is 36.6 Å². The first kappa shape index (κ1) is 21.4. The highest BCUT2D eigenvalue weighted by molar-refractivity contribution is 7.13. The second kappa shape index (κ2) is 11.0. The fourth-order valence-corrected chi connectivity index (χ4v) is 3.52. The van der Waals surface area contributed by atoms with Crippen LogP contribution in [0, 0.1) is 5.82 Å². The highest BCUT2D eigenvalue weighted by atomic mass is 32.1. The molecule has 1 N–H and O–H groups in total. The van der Waals surface area contributed by atoms with Crippen molar-refractivity contribution in [2.45, 2.75) is 38.9 Å². The minimum absolute atomic E-state index is 0.121. The van der Waals surface area contributed by atoms with Crippen LogP contribution in [0.3, 0.4) is 0 Å². The van der Waals surface area contributed by atoms with Gasteiger partial charge in [0.05, 0.1) is 44.3 Å². The molecule has 1 unspecified atom stereocenters. The highest BCUT2D eigenvalue weighted by Crippen LogP contribution is 2.17. The molecule has 29 heavy (non-hydrogen) atoms. The Bertz CT molecular complexity index is 837. The summed E-state index contributed by atoms with van der Waals surface area (Å²) < 4.78 is 29.8. The van der Waals surface area contributed by atoms with E-state index in [2.05, 4.69) is 15.5 Å². The number of carbonyl (C=O) groups excluding carboxylic acids is 1. The molecule has 1 fully saturated rings. The van der Waals surface area contributed by atoms with E-state index in [0.717, 1.165) is 25.0 Å². The van der Waals surface area contributed by atoms with E-state index in [0.29, 0.717) is 29.6 Å². The Balaban J connectivity index is 1.54. The van der Waals surface area contributed by atoms with Gasteiger partial charge in [0.2, 0.25) is 5.13 Å². The minimum Gasteiger partial charge on any atom is -0.466 e. The number of aromatic nitrogens is 1. The van der Waals surface area contributed by atoms with E-state index in [4.69, 9.17) is 14.2 Å². The predicted octanol–water partition coefficient (Wildman–Crippen LogP) is 3.53. The second-order valence-electron chi connectivity index (χ2n) is 6.49. The van der Waals surface area contributed by atoms with E-state index < -0.39 is 0 Å². The van der Waals surface area contributed by atoms with Crippen molar-refractivity contribution in [1.82, 2.24) is 4.98 Å². The first-order valence-electron chi connectivity index (χ1n) is 9.51.